The molecule has 37 heavy (non-hydrogen) atoms. The largest absolute Gasteiger partial charge is 0.324 e. The van der Waals surface area contributed by atoms with Crippen LogP contribution < -0.4 is 0 Å². The maximum atomic E-state index is 13.7. The maximum absolute atomic E-state index is 13.7. The fourth-order valence-electron chi connectivity index (χ4n) is 5.58. The van der Waals surface area contributed by atoms with Gasteiger partial charge in [0.25, 0.3) is 10.0 Å². The van der Waals surface area contributed by atoms with Crippen LogP contribution in [0.4, 0.5) is 8.78 Å². The Morgan fingerprint density at radius 2 is 1.70 bits per heavy atom. The molecule has 6 rings (SSSR count). The van der Waals surface area contributed by atoms with Gasteiger partial charge in [-0.1, -0.05) is 17.7 Å². The minimum atomic E-state index is -3.77. The van der Waals surface area contributed by atoms with Crippen molar-refractivity contribution in [1.29, 1.82) is 0 Å². The second-order valence-electron chi connectivity index (χ2n) is 9.80. The molecule has 7 nitrogen and oxygen atoms in total. The van der Waals surface area contributed by atoms with Crippen LogP contribution in [0.25, 0.3) is 11.8 Å². The van der Waals surface area contributed by atoms with Gasteiger partial charge in [-0.05, 0) is 72.9 Å². The fourth-order valence-corrected chi connectivity index (χ4v) is 7.20. The molecule has 0 saturated carbocycles. The molecule has 1 saturated heterocycles. The highest BCUT2D eigenvalue weighted by atomic mass is 32.2. The van der Waals surface area contributed by atoms with Gasteiger partial charge in [-0.3, -0.25) is 0 Å². The topological polar surface area (TPSA) is 73.0 Å². The average molecular weight is 522 g/mol. The standard InChI is InChI=1S/C27H25F2N5O2S/c1-32-18-30-16-26(32)37(35,36)33-11-10-21-12-25-20(15-31-34(25)24-8-6-23(29)7-9-24)14-27(21,17-33)13-19-2-4-22(28)5-3-19/h2-9,12,15-16,18H,10-11,13-14,17H2,1H3. The summed E-state index contributed by atoms with van der Waals surface area (Å²) in [6.45, 7) is 0.620. The Balaban J connectivity index is 1.42. The molecule has 1 aliphatic heterocycles. The van der Waals surface area contributed by atoms with Crippen molar-refractivity contribution in [2.75, 3.05) is 13.1 Å². The summed E-state index contributed by atoms with van der Waals surface area (Å²) in [5.41, 5.74) is 4.19. The number of fused-ring (bicyclic) bond motifs is 2. The van der Waals surface area contributed by atoms with Crippen LogP contribution in [0.5, 0.6) is 0 Å². The van der Waals surface area contributed by atoms with Crippen molar-refractivity contribution < 1.29 is 17.2 Å². The van der Waals surface area contributed by atoms with E-state index in [4.69, 9.17) is 0 Å². The third kappa shape index (κ3) is 4.10. The molecule has 4 aromatic rings. The first-order chi connectivity index (χ1) is 17.7. The molecular weight excluding hydrogens is 496 g/mol. The van der Waals surface area contributed by atoms with Crippen molar-refractivity contribution in [3.63, 3.8) is 0 Å². The summed E-state index contributed by atoms with van der Waals surface area (Å²) in [5, 5.41) is 4.73. The van der Waals surface area contributed by atoms with E-state index in [-0.39, 0.29) is 23.2 Å². The predicted molar refractivity (Wildman–Crippen MR) is 134 cm³/mol. The van der Waals surface area contributed by atoms with Gasteiger partial charge in [0.1, 0.15) is 11.6 Å². The van der Waals surface area contributed by atoms with Crippen LogP contribution in [0.3, 0.4) is 0 Å². The van der Waals surface area contributed by atoms with Crippen LogP contribution in [-0.4, -0.2) is 45.1 Å². The van der Waals surface area contributed by atoms with Crippen LogP contribution >= 0.6 is 0 Å². The summed E-state index contributed by atoms with van der Waals surface area (Å²) in [7, 11) is -2.10. The summed E-state index contributed by atoms with van der Waals surface area (Å²) in [6.07, 6.45) is 8.43. The number of sulfonamides is 1. The van der Waals surface area contributed by atoms with E-state index in [9.17, 15) is 17.2 Å². The molecule has 0 amide bonds. The minimum absolute atomic E-state index is 0.150. The van der Waals surface area contributed by atoms with Crippen molar-refractivity contribution in [1.82, 2.24) is 23.6 Å². The lowest BCUT2D eigenvalue weighted by Crippen LogP contribution is -2.50. The predicted octanol–water partition coefficient (Wildman–Crippen LogP) is 4.15. The molecule has 2 aliphatic rings. The van der Waals surface area contributed by atoms with Gasteiger partial charge in [-0.15, -0.1) is 0 Å². The number of hydrogen-bond donors (Lipinski definition) is 0. The van der Waals surface area contributed by atoms with Gasteiger partial charge >= 0.3 is 0 Å². The molecule has 0 bridgehead atoms. The number of aryl methyl sites for hydroxylation is 1. The summed E-state index contributed by atoms with van der Waals surface area (Å²) in [6, 6.07) is 12.6. The van der Waals surface area contributed by atoms with Crippen molar-refractivity contribution >= 4 is 16.1 Å². The molecule has 3 heterocycles. The van der Waals surface area contributed by atoms with E-state index in [1.54, 1.807) is 46.5 Å². The van der Waals surface area contributed by atoms with Gasteiger partial charge in [0.2, 0.25) is 0 Å². The Morgan fingerprint density at radius 1 is 1.00 bits per heavy atom. The van der Waals surface area contributed by atoms with Crippen molar-refractivity contribution in [3.05, 3.63) is 101 Å². The first kappa shape index (κ1) is 23.7. The third-order valence-corrected chi connectivity index (χ3v) is 9.33. The van der Waals surface area contributed by atoms with Gasteiger partial charge in [0.05, 0.1) is 30.1 Å². The highest BCUT2D eigenvalue weighted by molar-refractivity contribution is 7.89. The third-order valence-electron chi connectivity index (χ3n) is 7.42. The second kappa shape index (κ2) is 8.74. The second-order valence-corrected chi connectivity index (χ2v) is 11.7. The Bertz CT molecular complexity index is 1610. The zero-order valence-electron chi connectivity index (χ0n) is 20.2. The van der Waals surface area contributed by atoms with Crippen LogP contribution in [0.15, 0.2) is 77.9 Å². The van der Waals surface area contributed by atoms with Gasteiger partial charge in [0.15, 0.2) is 5.03 Å². The van der Waals surface area contributed by atoms with Gasteiger partial charge < -0.3 is 4.57 Å². The Kier molecular flexibility index (Phi) is 5.61. The monoisotopic (exact) mass is 521 g/mol. The van der Waals surface area contributed by atoms with Crippen LogP contribution in [0.1, 0.15) is 23.2 Å². The lowest BCUT2D eigenvalue weighted by molar-refractivity contribution is 0.209. The minimum Gasteiger partial charge on any atom is -0.324 e. The first-order valence-corrected chi connectivity index (χ1v) is 13.4. The Hall–Kier alpha value is -3.63. The lowest BCUT2D eigenvalue weighted by atomic mass is 9.66. The van der Waals surface area contributed by atoms with Crippen molar-refractivity contribution in [2.45, 2.75) is 24.3 Å². The van der Waals surface area contributed by atoms with Crippen LogP contribution in [0.2, 0.25) is 0 Å². The molecule has 2 aromatic heterocycles. The highest BCUT2D eigenvalue weighted by Crippen LogP contribution is 2.47. The van der Waals surface area contributed by atoms with Crippen LogP contribution in [-0.2, 0) is 29.9 Å². The average Bonchev–Trinajstić information content (AvgIpc) is 3.50. The van der Waals surface area contributed by atoms with Crippen molar-refractivity contribution in [2.24, 2.45) is 12.5 Å². The summed E-state index contributed by atoms with van der Waals surface area (Å²) in [4.78, 5) is 4.00. The first-order valence-electron chi connectivity index (χ1n) is 12.0. The number of aromatic nitrogens is 4. The van der Waals surface area contributed by atoms with E-state index in [1.807, 2.05) is 0 Å². The molecule has 1 unspecified atom stereocenters. The maximum Gasteiger partial charge on any atom is 0.260 e. The number of halogens is 2. The number of benzene rings is 2. The van der Waals surface area contributed by atoms with Crippen LogP contribution in [0, 0.1) is 17.0 Å². The van der Waals surface area contributed by atoms with E-state index >= 15 is 0 Å². The van der Waals surface area contributed by atoms with E-state index in [2.05, 4.69) is 16.2 Å². The SMILES string of the molecule is Cn1cncc1S(=O)(=O)N1CCC2=Cc3c(cnn3-c3ccc(F)cc3)CC2(Cc2ccc(F)cc2)C1. The van der Waals surface area contributed by atoms with Gasteiger partial charge in [-0.25, -0.2) is 26.9 Å². The zero-order valence-corrected chi connectivity index (χ0v) is 21.0. The number of piperidine rings is 1. The molecule has 2 aromatic carbocycles. The Morgan fingerprint density at radius 3 is 2.38 bits per heavy atom. The highest BCUT2D eigenvalue weighted by Gasteiger charge is 2.46. The molecule has 190 valence electrons. The van der Waals surface area contributed by atoms with Gasteiger partial charge in [-0.2, -0.15) is 9.40 Å². The van der Waals surface area contributed by atoms with E-state index in [0.29, 0.717) is 25.8 Å². The molecule has 10 heteroatoms. The number of hydrogen-bond acceptors (Lipinski definition) is 4. The molecular formula is C27H25F2N5O2S. The molecule has 1 atom stereocenters. The molecule has 1 aliphatic carbocycles. The Labute approximate surface area is 213 Å². The normalized spacial score (nSPS) is 19.8. The van der Waals surface area contributed by atoms with E-state index < -0.39 is 15.4 Å². The number of rotatable bonds is 5. The molecule has 0 radical (unpaired) electrons. The lowest BCUT2D eigenvalue weighted by Gasteiger charge is -2.46. The summed E-state index contributed by atoms with van der Waals surface area (Å²) < 4.78 is 59.2. The fraction of sp³-hybridized carbons (Fsp3) is 0.259. The molecule has 1 fully saturated rings. The zero-order chi connectivity index (χ0) is 25.8. The number of imidazole rings is 1. The van der Waals surface area contributed by atoms with Crippen molar-refractivity contribution in [3.8, 4) is 5.69 Å². The van der Waals surface area contributed by atoms with E-state index in [0.717, 1.165) is 28.1 Å². The molecule has 0 spiro atoms. The smallest absolute Gasteiger partial charge is 0.260 e. The quantitative estimate of drug-likeness (QED) is 0.396. The van der Waals surface area contributed by atoms with E-state index in [1.165, 1.54) is 41.4 Å². The summed E-state index contributed by atoms with van der Waals surface area (Å²) in [5.74, 6) is -0.629. The summed E-state index contributed by atoms with van der Waals surface area (Å²) >= 11 is 0. The number of nitrogens with zero attached hydrogens (tertiary/aromatic N) is 5. The van der Waals surface area contributed by atoms with Gasteiger partial charge in [0, 0.05) is 25.6 Å². The molecule has 0 N–H and O–H groups in total.